The van der Waals surface area contributed by atoms with Crippen molar-refractivity contribution in [2.45, 2.75) is 25.7 Å². The Hall–Kier alpha value is -0.910. The molecular weight excluding hydrogens is 248 g/mol. The molecule has 1 unspecified atom stereocenters. The Kier molecular flexibility index (Phi) is 6.32. The molecule has 0 aliphatic rings. The molecule has 0 amide bonds. The molecule has 0 spiro atoms. The lowest BCUT2D eigenvalue weighted by atomic mass is 9.98. The Morgan fingerprint density at radius 3 is 2.56 bits per heavy atom. The molecule has 0 aliphatic carbocycles. The summed E-state index contributed by atoms with van der Waals surface area (Å²) in [5.41, 5.74) is 6.53. The Labute approximate surface area is 110 Å². The zero-order chi connectivity index (χ0) is 13.4. The van der Waals surface area contributed by atoms with E-state index in [-0.39, 0.29) is 5.75 Å². The van der Waals surface area contributed by atoms with Gasteiger partial charge in [-0.15, -0.1) is 0 Å². The van der Waals surface area contributed by atoms with Crippen LogP contribution in [0.3, 0.4) is 0 Å². The second-order valence-corrected chi connectivity index (χ2v) is 6.38. The molecule has 0 aromatic heterocycles. The van der Waals surface area contributed by atoms with Crippen molar-refractivity contribution in [2.24, 2.45) is 5.73 Å². The highest BCUT2D eigenvalue weighted by molar-refractivity contribution is 7.89. The van der Waals surface area contributed by atoms with Crippen LogP contribution in [0.2, 0.25) is 0 Å². The smallest absolute Gasteiger partial charge is 0.211 e. The molecule has 0 heterocycles. The molecule has 0 saturated carbocycles. The first kappa shape index (κ1) is 15.1. The fourth-order valence-electron chi connectivity index (χ4n) is 1.72. The van der Waals surface area contributed by atoms with Crippen molar-refractivity contribution in [1.29, 1.82) is 0 Å². The van der Waals surface area contributed by atoms with E-state index in [1.54, 1.807) is 0 Å². The summed E-state index contributed by atoms with van der Waals surface area (Å²) in [5, 5.41) is 0. The molecule has 102 valence electrons. The highest BCUT2D eigenvalue weighted by Crippen LogP contribution is 2.17. The summed E-state index contributed by atoms with van der Waals surface area (Å²) in [6, 6.07) is 10.1. The number of nitrogens with one attached hydrogen (secondary N) is 1. The number of sulfonamides is 1. The standard InChI is InChI=1S/C13H22N2O2S/c1-12(13-6-3-2-4-7-13)8-10-15-18(16,17)11-5-9-14/h2-4,6-7,12,15H,5,8-11,14H2,1H3. The van der Waals surface area contributed by atoms with E-state index in [0.29, 0.717) is 25.4 Å². The van der Waals surface area contributed by atoms with Gasteiger partial charge >= 0.3 is 0 Å². The monoisotopic (exact) mass is 270 g/mol. The van der Waals surface area contributed by atoms with Crippen LogP contribution >= 0.6 is 0 Å². The third-order valence-electron chi connectivity index (χ3n) is 2.89. The fourth-order valence-corrected chi connectivity index (χ4v) is 2.84. The highest BCUT2D eigenvalue weighted by atomic mass is 32.2. The molecule has 3 N–H and O–H groups in total. The van der Waals surface area contributed by atoms with Crippen LogP contribution < -0.4 is 10.5 Å². The summed E-state index contributed by atoms with van der Waals surface area (Å²) in [6.07, 6.45) is 1.30. The largest absolute Gasteiger partial charge is 0.330 e. The van der Waals surface area contributed by atoms with E-state index in [9.17, 15) is 8.42 Å². The van der Waals surface area contributed by atoms with Crippen LogP contribution in [-0.4, -0.2) is 27.3 Å². The molecule has 1 rings (SSSR count). The summed E-state index contributed by atoms with van der Waals surface area (Å²) in [4.78, 5) is 0. The zero-order valence-corrected chi connectivity index (χ0v) is 11.6. The van der Waals surface area contributed by atoms with Gasteiger partial charge in [-0.2, -0.15) is 0 Å². The molecular formula is C13H22N2O2S. The molecule has 0 aliphatic heterocycles. The Morgan fingerprint density at radius 1 is 1.28 bits per heavy atom. The van der Waals surface area contributed by atoms with E-state index in [0.717, 1.165) is 6.42 Å². The number of hydrogen-bond acceptors (Lipinski definition) is 3. The number of benzene rings is 1. The summed E-state index contributed by atoms with van der Waals surface area (Å²) < 4.78 is 25.7. The van der Waals surface area contributed by atoms with Gasteiger partial charge in [0.1, 0.15) is 0 Å². The van der Waals surface area contributed by atoms with E-state index in [1.807, 2.05) is 18.2 Å². The van der Waals surface area contributed by atoms with Gasteiger partial charge in [0.05, 0.1) is 5.75 Å². The molecule has 18 heavy (non-hydrogen) atoms. The normalized spacial score (nSPS) is 13.4. The van der Waals surface area contributed by atoms with Gasteiger partial charge in [-0.3, -0.25) is 0 Å². The number of rotatable bonds is 8. The lowest BCUT2D eigenvalue weighted by molar-refractivity contribution is 0.570. The second-order valence-electron chi connectivity index (χ2n) is 4.46. The number of hydrogen-bond donors (Lipinski definition) is 2. The number of nitrogens with two attached hydrogens (primary N) is 1. The van der Waals surface area contributed by atoms with Gasteiger partial charge in [0, 0.05) is 6.54 Å². The minimum Gasteiger partial charge on any atom is -0.330 e. The molecule has 4 nitrogen and oxygen atoms in total. The van der Waals surface area contributed by atoms with Crippen molar-refractivity contribution < 1.29 is 8.42 Å². The fraction of sp³-hybridized carbons (Fsp3) is 0.538. The third kappa shape index (κ3) is 5.62. The van der Waals surface area contributed by atoms with Gasteiger partial charge < -0.3 is 5.73 Å². The van der Waals surface area contributed by atoms with Crippen LogP contribution in [0.15, 0.2) is 30.3 Å². The molecule has 1 atom stereocenters. The lowest BCUT2D eigenvalue weighted by Gasteiger charge is -2.12. The van der Waals surface area contributed by atoms with E-state index in [2.05, 4.69) is 23.8 Å². The SMILES string of the molecule is CC(CCNS(=O)(=O)CCCN)c1ccccc1. The van der Waals surface area contributed by atoms with E-state index >= 15 is 0 Å². The van der Waals surface area contributed by atoms with Gasteiger partial charge in [0.25, 0.3) is 0 Å². The Morgan fingerprint density at radius 2 is 1.94 bits per heavy atom. The minimum absolute atomic E-state index is 0.114. The average molecular weight is 270 g/mol. The maximum atomic E-state index is 11.5. The van der Waals surface area contributed by atoms with E-state index in [1.165, 1.54) is 5.56 Å². The van der Waals surface area contributed by atoms with Crippen molar-refractivity contribution >= 4 is 10.0 Å². The molecule has 0 saturated heterocycles. The molecule has 0 radical (unpaired) electrons. The van der Waals surface area contributed by atoms with Crippen LogP contribution in [0.1, 0.15) is 31.2 Å². The summed E-state index contributed by atoms with van der Waals surface area (Å²) in [6.45, 7) is 2.98. The van der Waals surface area contributed by atoms with Crippen LogP contribution in [0.4, 0.5) is 0 Å². The van der Waals surface area contributed by atoms with Crippen molar-refractivity contribution in [2.75, 3.05) is 18.8 Å². The lowest BCUT2D eigenvalue weighted by Crippen LogP contribution is -2.29. The van der Waals surface area contributed by atoms with Gasteiger partial charge in [0.15, 0.2) is 0 Å². The first-order valence-electron chi connectivity index (χ1n) is 6.27. The highest BCUT2D eigenvalue weighted by Gasteiger charge is 2.10. The Balaban J connectivity index is 2.34. The summed E-state index contributed by atoms with van der Waals surface area (Å²) in [5.74, 6) is 0.465. The maximum absolute atomic E-state index is 11.5. The van der Waals surface area contributed by atoms with Gasteiger partial charge in [-0.05, 0) is 30.9 Å². The quantitative estimate of drug-likeness (QED) is 0.751. The first-order chi connectivity index (χ1) is 8.55. The van der Waals surface area contributed by atoms with Crippen molar-refractivity contribution in [1.82, 2.24) is 4.72 Å². The first-order valence-corrected chi connectivity index (χ1v) is 7.93. The van der Waals surface area contributed by atoms with Crippen molar-refractivity contribution in [3.8, 4) is 0 Å². The summed E-state index contributed by atoms with van der Waals surface area (Å²) >= 11 is 0. The van der Waals surface area contributed by atoms with Crippen LogP contribution in [0.5, 0.6) is 0 Å². The van der Waals surface area contributed by atoms with E-state index in [4.69, 9.17) is 5.73 Å². The van der Waals surface area contributed by atoms with E-state index < -0.39 is 10.0 Å². The molecule has 1 aromatic carbocycles. The van der Waals surface area contributed by atoms with Crippen LogP contribution in [0, 0.1) is 0 Å². The van der Waals surface area contributed by atoms with Gasteiger partial charge in [-0.1, -0.05) is 37.3 Å². The molecule has 0 bridgehead atoms. The predicted molar refractivity (Wildman–Crippen MR) is 74.9 cm³/mol. The average Bonchev–Trinajstić information content (AvgIpc) is 2.37. The summed E-state index contributed by atoms with van der Waals surface area (Å²) in [7, 11) is -3.15. The van der Waals surface area contributed by atoms with Crippen molar-refractivity contribution in [3.05, 3.63) is 35.9 Å². The predicted octanol–water partition coefficient (Wildman–Crippen LogP) is 1.45. The maximum Gasteiger partial charge on any atom is 0.211 e. The second kappa shape index (κ2) is 7.51. The van der Waals surface area contributed by atoms with Crippen LogP contribution in [0.25, 0.3) is 0 Å². The topological polar surface area (TPSA) is 72.2 Å². The molecule has 5 heteroatoms. The molecule has 0 fully saturated rings. The minimum atomic E-state index is -3.15. The van der Waals surface area contributed by atoms with Crippen LogP contribution in [-0.2, 0) is 10.0 Å². The Bertz CT molecular complexity index is 432. The zero-order valence-electron chi connectivity index (χ0n) is 10.8. The molecule has 1 aromatic rings. The van der Waals surface area contributed by atoms with Crippen molar-refractivity contribution in [3.63, 3.8) is 0 Å². The van der Waals surface area contributed by atoms with Gasteiger partial charge in [0.2, 0.25) is 10.0 Å². The van der Waals surface area contributed by atoms with Gasteiger partial charge in [-0.25, -0.2) is 13.1 Å². The third-order valence-corrected chi connectivity index (χ3v) is 4.36.